The van der Waals surface area contributed by atoms with Crippen molar-refractivity contribution in [3.63, 3.8) is 0 Å². The first kappa shape index (κ1) is 18.4. The molecule has 0 saturated carbocycles. The summed E-state index contributed by atoms with van der Waals surface area (Å²) in [6.07, 6.45) is -4.44. The van der Waals surface area contributed by atoms with Crippen molar-refractivity contribution in [2.75, 3.05) is 31.2 Å². The lowest BCUT2D eigenvalue weighted by Gasteiger charge is -2.26. The van der Waals surface area contributed by atoms with E-state index in [-0.39, 0.29) is 6.54 Å². The summed E-state index contributed by atoms with van der Waals surface area (Å²) >= 11 is 1.51. The normalized spacial score (nSPS) is 13.3. The van der Waals surface area contributed by atoms with Crippen molar-refractivity contribution in [3.8, 4) is 11.5 Å². The van der Waals surface area contributed by atoms with Gasteiger partial charge in [0.2, 0.25) is 5.91 Å². The van der Waals surface area contributed by atoms with Crippen LogP contribution >= 0.6 is 11.3 Å². The molecule has 0 unspecified atom stereocenters. The van der Waals surface area contributed by atoms with Crippen LogP contribution < -0.4 is 19.7 Å². The molecule has 0 atom stereocenters. The molecular formula is C17H17F3N2O3S. The van der Waals surface area contributed by atoms with Crippen LogP contribution in [-0.2, 0) is 11.3 Å². The molecule has 0 spiro atoms. The van der Waals surface area contributed by atoms with Crippen molar-refractivity contribution < 1.29 is 27.4 Å². The number of carbonyl (C=O) groups excluding carboxylic acids is 1. The molecule has 2 heterocycles. The van der Waals surface area contributed by atoms with E-state index in [9.17, 15) is 18.0 Å². The molecule has 0 saturated heterocycles. The number of fused-ring (bicyclic) bond motifs is 1. The highest BCUT2D eigenvalue weighted by Crippen LogP contribution is 2.34. The van der Waals surface area contributed by atoms with E-state index in [2.05, 4.69) is 0 Å². The molecule has 1 aliphatic heterocycles. The van der Waals surface area contributed by atoms with Gasteiger partial charge in [0.05, 0.1) is 13.1 Å². The van der Waals surface area contributed by atoms with Gasteiger partial charge in [-0.05, 0) is 23.6 Å². The molecule has 0 fully saturated rings. The van der Waals surface area contributed by atoms with Crippen molar-refractivity contribution in [2.24, 2.45) is 0 Å². The zero-order chi connectivity index (χ0) is 18.6. The summed E-state index contributed by atoms with van der Waals surface area (Å²) in [6.45, 7) is -0.261. The van der Waals surface area contributed by atoms with E-state index in [1.54, 1.807) is 23.1 Å². The highest BCUT2D eigenvalue weighted by Gasteiger charge is 2.28. The Morgan fingerprint density at radius 2 is 1.96 bits per heavy atom. The van der Waals surface area contributed by atoms with Gasteiger partial charge >= 0.3 is 6.18 Å². The Kier molecular flexibility index (Phi) is 5.55. The topological polar surface area (TPSA) is 50.8 Å². The Balaban J connectivity index is 1.76. The third-order valence-corrected chi connectivity index (χ3v) is 4.50. The number of anilines is 1. The van der Waals surface area contributed by atoms with Gasteiger partial charge < -0.3 is 19.7 Å². The van der Waals surface area contributed by atoms with Crippen molar-refractivity contribution in [1.82, 2.24) is 5.32 Å². The molecule has 9 heteroatoms. The van der Waals surface area contributed by atoms with Gasteiger partial charge in [-0.15, -0.1) is 11.3 Å². The second-order valence-corrected chi connectivity index (χ2v) is 6.69. The first-order valence-corrected chi connectivity index (χ1v) is 8.79. The largest absolute Gasteiger partial charge is 0.486 e. The fraction of sp³-hybridized carbons (Fsp3) is 0.353. The second-order valence-electron chi connectivity index (χ2n) is 5.66. The number of alkyl halides is 3. The van der Waals surface area contributed by atoms with Gasteiger partial charge in [0.25, 0.3) is 0 Å². The highest BCUT2D eigenvalue weighted by molar-refractivity contribution is 7.09. The molecule has 0 aliphatic carbocycles. The number of carbonyl (C=O) groups is 1. The van der Waals surface area contributed by atoms with Crippen molar-refractivity contribution in [3.05, 3.63) is 40.6 Å². The van der Waals surface area contributed by atoms with Crippen LogP contribution in [0.25, 0.3) is 0 Å². The molecule has 140 valence electrons. The van der Waals surface area contributed by atoms with Crippen LogP contribution in [0.2, 0.25) is 0 Å². The first-order valence-electron chi connectivity index (χ1n) is 7.91. The van der Waals surface area contributed by atoms with E-state index in [1.165, 1.54) is 11.3 Å². The number of benzene rings is 1. The van der Waals surface area contributed by atoms with Gasteiger partial charge in [0, 0.05) is 16.6 Å². The van der Waals surface area contributed by atoms with Crippen LogP contribution in [0.1, 0.15) is 4.88 Å². The number of nitrogens with one attached hydrogen (secondary N) is 1. The molecule has 2 aromatic rings. The molecule has 1 amide bonds. The van der Waals surface area contributed by atoms with E-state index in [0.29, 0.717) is 36.9 Å². The molecule has 1 aliphatic rings. The number of nitrogens with zero attached hydrogens (tertiary/aromatic N) is 1. The Morgan fingerprint density at radius 1 is 1.19 bits per heavy atom. The Labute approximate surface area is 152 Å². The number of halogens is 3. The molecule has 26 heavy (non-hydrogen) atoms. The summed E-state index contributed by atoms with van der Waals surface area (Å²) in [5, 5.41) is 3.81. The Bertz CT molecular complexity index is 750. The molecule has 5 nitrogen and oxygen atoms in total. The smallest absolute Gasteiger partial charge is 0.405 e. The number of thiophene rings is 1. The monoisotopic (exact) mass is 386 g/mol. The zero-order valence-electron chi connectivity index (χ0n) is 13.7. The van der Waals surface area contributed by atoms with E-state index in [1.807, 2.05) is 22.8 Å². The number of rotatable bonds is 6. The van der Waals surface area contributed by atoms with Gasteiger partial charge in [0.15, 0.2) is 11.5 Å². The van der Waals surface area contributed by atoms with E-state index < -0.39 is 18.6 Å². The number of hydrogen-bond acceptors (Lipinski definition) is 5. The Morgan fingerprint density at radius 3 is 2.65 bits per heavy atom. The molecule has 1 aromatic carbocycles. The average Bonchev–Trinajstić information content (AvgIpc) is 3.11. The molecule has 1 N–H and O–H groups in total. The van der Waals surface area contributed by atoms with Crippen molar-refractivity contribution >= 4 is 22.9 Å². The minimum atomic E-state index is -4.44. The van der Waals surface area contributed by atoms with Crippen LogP contribution in [0.5, 0.6) is 11.5 Å². The van der Waals surface area contributed by atoms with Gasteiger partial charge in [-0.2, -0.15) is 13.2 Å². The lowest BCUT2D eigenvalue weighted by molar-refractivity contribution is -0.137. The van der Waals surface area contributed by atoms with Crippen molar-refractivity contribution in [1.29, 1.82) is 0 Å². The van der Waals surface area contributed by atoms with Gasteiger partial charge in [-0.1, -0.05) is 6.07 Å². The predicted octanol–water partition coefficient (Wildman–Crippen LogP) is 3.20. The van der Waals surface area contributed by atoms with Crippen LogP contribution in [0, 0.1) is 0 Å². The quantitative estimate of drug-likeness (QED) is 0.829. The van der Waals surface area contributed by atoms with Gasteiger partial charge in [-0.3, -0.25) is 4.79 Å². The summed E-state index contributed by atoms with van der Waals surface area (Å²) in [7, 11) is 0. The number of amides is 1. The Hall–Kier alpha value is -2.42. The van der Waals surface area contributed by atoms with E-state index >= 15 is 0 Å². The predicted molar refractivity (Wildman–Crippen MR) is 91.9 cm³/mol. The molecular weight excluding hydrogens is 369 g/mol. The standard InChI is InChI=1S/C17H17F3N2O3S/c18-17(19,20)11-21-16(23)10-22(9-13-2-1-7-26-13)12-3-4-14-15(8-12)25-6-5-24-14/h1-4,7-8H,5-6,9-11H2,(H,21,23). The highest BCUT2D eigenvalue weighted by atomic mass is 32.1. The van der Waals surface area contributed by atoms with Crippen LogP contribution in [0.15, 0.2) is 35.7 Å². The summed E-state index contributed by atoms with van der Waals surface area (Å²) < 4.78 is 48.0. The molecule has 1 aromatic heterocycles. The molecule has 3 rings (SSSR count). The number of ether oxygens (including phenoxy) is 2. The average molecular weight is 386 g/mol. The first-order chi connectivity index (χ1) is 12.4. The van der Waals surface area contributed by atoms with Crippen molar-refractivity contribution in [2.45, 2.75) is 12.7 Å². The van der Waals surface area contributed by atoms with E-state index in [4.69, 9.17) is 9.47 Å². The summed E-state index contributed by atoms with van der Waals surface area (Å²) in [5.41, 5.74) is 0.671. The summed E-state index contributed by atoms with van der Waals surface area (Å²) in [6, 6.07) is 9.02. The van der Waals surface area contributed by atoms with Crippen LogP contribution in [0.3, 0.4) is 0 Å². The fourth-order valence-corrected chi connectivity index (χ4v) is 3.21. The SMILES string of the molecule is O=C(CN(Cc1cccs1)c1ccc2c(c1)OCCO2)NCC(F)(F)F. The maximum absolute atomic E-state index is 12.3. The maximum Gasteiger partial charge on any atom is 0.405 e. The number of hydrogen-bond donors (Lipinski definition) is 1. The zero-order valence-corrected chi connectivity index (χ0v) is 14.5. The van der Waals surface area contributed by atoms with Crippen LogP contribution in [0.4, 0.5) is 18.9 Å². The molecule has 0 bridgehead atoms. The minimum absolute atomic E-state index is 0.201. The lowest BCUT2D eigenvalue weighted by atomic mass is 10.2. The molecule has 0 radical (unpaired) electrons. The second kappa shape index (κ2) is 7.86. The van der Waals surface area contributed by atoms with Gasteiger partial charge in [-0.25, -0.2) is 0 Å². The van der Waals surface area contributed by atoms with Gasteiger partial charge in [0.1, 0.15) is 19.8 Å². The maximum atomic E-state index is 12.3. The fourth-order valence-electron chi connectivity index (χ4n) is 2.49. The summed E-state index contributed by atoms with van der Waals surface area (Å²) in [4.78, 5) is 14.7. The third-order valence-electron chi connectivity index (χ3n) is 3.64. The summed E-state index contributed by atoms with van der Waals surface area (Å²) in [5.74, 6) is 0.465. The minimum Gasteiger partial charge on any atom is -0.486 e. The third kappa shape index (κ3) is 5.04. The lowest BCUT2D eigenvalue weighted by Crippen LogP contribution is -2.41. The van der Waals surface area contributed by atoms with E-state index in [0.717, 1.165) is 4.88 Å². The van der Waals surface area contributed by atoms with Crippen LogP contribution in [-0.4, -0.2) is 38.4 Å².